The number of amides is 1. The van der Waals surface area contributed by atoms with Gasteiger partial charge in [-0.05, 0) is 47.5 Å². The zero-order valence-corrected chi connectivity index (χ0v) is 14.6. The second-order valence-electron chi connectivity index (χ2n) is 5.17. The summed E-state index contributed by atoms with van der Waals surface area (Å²) in [5.74, 6) is -0.420. The van der Waals surface area contributed by atoms with Crippen molar-refractivity contribution in [2.45, 2.75) is 19.9 Å². The van der Waals surface area contributed by atoms with E-state index in [1.165, 1.54) is 7.05 Å². The van der Waals surface area contributed by atoms with E-state index in [0.29, 0.717) is 10.0 Å². The van der Waals surface area contributed by atoms with Crippen LogP contribution in [-0.4, -0.2) is 17.5 Å². The van der Waals surface area contributed by atoms with Crippen LogP contribution in [0.5, 0.6) is 0 Å². The standard InChI is InChI=1S/C17H16BrN3O2/c1-10(13-6-4-12(8-19)5-7-13)21-9-14(17(23)20-3)16(22)15(18)11(21)2/h4-7,9-10H,1-3H3,(H,20,23). The topological polar surface area (TPSA) is 74.9 Å². The Morgan fingerprint density at radius 3 is 2.48 bits per heavy atom. The van der Waals surface area contributed by atoms with Gasteiger partial charge in [-0.15, -0.1) is 0 Å². The summed E-state index contributed by atoms with van der Waals surface area (Å²) in [7, 11) is 1.49. The lowest BCUT2D eigenvalue weighted by Crippen LogP contribution is -2.29. The van der Waals surface area contributed by atoms with Gasteiger partial charge >= 0.3 is 0 Å². The fourth-order valence-electron chi connectivity index (χ4n) is 2.39. The molecule has 1 atom stereocenters. The van der Waals surface area contributed by atoms with Crippen LogP contribution in [0.15, 0.2) is 39.7 Å². The first kappa shape index (κ1) is 17.0. The van der Waals surface area contributed by atoms with E-state index in [9.17, 15) is 9.59 Å². The highest BCUT2D eigenvalue weighted by Gasteiger charge is 2.18. The van der Waals surface area contributed by atoms with Gasteiger partial charge in [0.15, 0.2) is 0 Å². The smallest absolute Gasteiger partial charge is 0.256 e. The number of carbonyl (C=O) groups excluding carboxylic acids is 1. The Hall–Kier alpha value is -2.39. The van der Waals surface area contributed by atoms with Crippen molar-refractivity contribution in [2.24, 2.45) is 0 Å². The molecule has 0 spiro atoms. The number of nitriles is 1. The van der Waals surface area contributed by atoms with Crippen molar-refractivity contribution < 1.29 is 4.79 Å². The van der Waals surface area contributed by atoms with Gasteiger partial charge in [-0.1, -0.05) is 12.1 Å². The van der Waals surface area contributed by atoms with Crippen LogP contribution < -0.4 is 10.7 Å². The zero-order chi connectivity index (χ0) is 17.1. The molecule has 1 amide bonds. The molecular formula is C17H16BrN3O2. The summed E-state index contributed by atoms with van der Waals surface area (Å²) in [6.07, 6.45) is 1.57. The highest BCUT2D eigenvalue weighted by molar-refractivity contribution is 9.10. The van der Waals surface area contributed by atoms with Crippen molar-refractivity contribution >= 4 is 21.8 Å². The number of hydrogen-bond donors (Lipinski definition) is 1. The SMILES string of the molecule is CNC(=O)c1cn(C(C)c2ccc(C#N)cc2)c(C)c(Br)c1=O. The van der Waals surface area contributed by atoms with E-state index >= 15 is 0 Å². The largest absolute Gasteiger partial charge is 0.355 e. The van der Waals surface area contributed by atoms with Crippen LogP contribution in [0.3, 0.4) is 0 Å². The monoisotopic (exact) mass is 373 g/mol. The van der Waals surface area contributed by atoms with Crippen LogP contribution >= 0.6 is 15.9 Å². The summed E-state index contributed by atoms with van der Waals surface area (Å²) in [6.45, 7) is 3.79. The molecule has 1 unspecified atom stereocenters. The van der Waals surface area contributed by atoms with E-state index in [-0.39, 0.29) is 17.0 Å². The molecule has 1 N–H and O–H groups in total. The van der Waals surface area contributed by atoms with Crippen molar-refractivity contribution in [1.82, 2.24) is 9.88 Å². The maximum atomic E-state index is 12.2. The molecule has 2 aromatic rings. The van der Waals surface area contributed by atoms with Gasteiger partial charge in [0.25, 0.3) is 5.91 Å². The first-order chi connectivity index (χ1) is 10.9. The molecule has 0 aliphatic heterocycles. The summed E-state index contributed by atoms with van der Waals surface area (Å²) < 4.78 is 2.25. The van der Waals surface area contributed by atoms with Crippen LogP contribution in [0.1, 0.15) is 40.1 Å². The molecule has 0 saturated heterocycles. The number of hydrogen-bond acceptors (Lipinski definition) is 3. The average Bonchev–Trinajstić information content (AvgIpc) is 2.59. The van der Waals surface area contributed by atoms with Gasteiger partial charge in [0, 0.05) is 18.9 Å². The molecule has 1 aromatic carbocycles. The van der Waals surface area contributed by atoms with Crippen LogP contribution in [0, 0.1) is 18.3 Å². The van der Waals surface area contributed by atoms with E-state index < -0.39 is 5.91 Å². The van der Waals surface area contributed by atoms with Gasteiger partial charge < -0.3 is 9.88 Å². The molecule has 2 rings (SSSR count). The highest BCUT2D eigenvalue weighted by atomic mass is 79.9. The van der Waals surface area contributed by atoms with E-state index in [1.54, 1.807) is 18.3 Å². The maximum absolute atomic E-state index is 12.2. The Kier molecular flexibility index (Phi) is 5.02. The molecule has 0 fully saturated rings. The minimum Gasteiger partial charge on any atom is -0.355 e. The van der Waals surface area contributed by atoms with Crippen molar-refractivity contribution in [2.75, 3.05) is 7.05 Å². The van der Waals surface area contributed by atoms with E-state index in [1.807, 2.05) is 30.5 Å². The van der Waals surface area contributed by atoms with Crippen molar-refractivity contribution in [1.29, 1.82) is 5.26 Å². The Morgan fingerprint density at radius 1 is 1.35 bits per heavy atom. The molecule has 23 heavy (non-hydrogen) atoms. The predicted octanol–water partition coefficient (Wildman–Crippen LogP) is 2.76. The summed E-state index contributed by atoms with van der Waals surface area (Å²) in [6, 6.07) is 9.22. The molecular weight excluding hydrogens is 358 g/mol. The van der Waals surface area contributed by atoms with Crippen LogP contribution in [0.4, 0.5) is 0 Å². The average molecular weight is 374 g/mol. The minimum atomic E-state index is -0.420. The number of carbonyl (C=O) groups is 1. The molecule has 0 bridgehead atoms. The number of pyridine rings is 1. The highest BCUT2D eigenvalue weighted by Crippen LogP contribution is 2.23. The van der Waals surface area contributed by atoms with Gasteiger partial charge in [-0.3, -0.25) is 9.59 Å². The van der Waals surface area contributed by atoms with Crippen LogP contribution in [-0.2, 0) is 0 Å². The quantitative estimate of drug-likeness (QED) is 0.898. The number of nitrogens with one attached hydrogen (secondary N) is 1. The normalized spacial score (nSPS) is 11.6. The van der Waals surface area contributed by atoms with Gasteiger partial charge in [0.1, 0.15) is 5.56 Å². The first-order valence-corrected chi connectivity index (χ1v) is 7.83. The lowest BCUT2D eigenvalue weighted by molar-refractivity contribution is 0.0961. The molecule has 1 heterocycles. The van der Waals surface area contributed by atoms with E-state index in [4.69, 9.17) is 5.26 Å². The zero-order valence-electron chi connectivity index (χ0n) is 13.1. The van der Waals surface area contributed by atoms with E-state index in [0.717, 1.165) is 11.3 Å². The fourth-order valence-corrected chi connectivity index (χ4v) is 2.80. The number of nitrogens with zero attached hydrogens (tertiary/aromatic N) is 2. The molecule has 0 saturated carbocycles. The minimum absolute atomic E-state index is 0.0884. The molecule has 6 heteroatoms. The Bertz CT molecular complexity index is 848. The lowest BCUT2D eigenvalue weighted by atomic mass is 10.1. The maximum Gasteiger partial charge on any atom is 0.256 e. The molecule has 5 nitrogen and oxygen atoms in total. The number of benzene rings is 1. The van der Waals surface area contributed by atoms with Crippen molar-refractivity contribution in [3.05, 3.63) is 67.5 Å². The van der Waals surface area contributed by atoms with Crippen LogP contribution in [0.2, 0.25) is 0 Å². The summed E-state index contributed by atoms with van der Waals surface area (Å²) in [5, 5.41) is 11.4. The van der Waals surface area contributed by atoms with Crippen LogP contribution in [0.25, 0.3) is 0 Å². The van der Waals surface area contributed by atoms with Gasteiger partial charge in [0.2, 0.25) is 5.43 Å². The molecule has 1 aromatic heterocycles. The van der Waals surface area contributed by atoms with Crippen molar-refractivity contribution in [3.63, 3.8) is 0 Å². The third kappa shape index (κ3) is 3.20. The second kappa shape index (κ2) is 6.80. The summed E-state index contributed by atoms with van der Waals surface area (Å²) in [4.78, 5) is 24.1. The number of aromatic nitrogens is 1. The predicted molar refractivity (Wildman–Crippen MR) is 91.5 cm³/mol. The van der Waals surface area contributed by atoms with E-state index in [2.05, 4.69) is 27.3 Å². The molecule has 0 aliphatic carbocycles. The summed E-state index contributed by atoms with van der Waals surface area (Å²) in [5.41, 5.74) is 2.06. The molecule has 0 aliphatic rings. The molecule has 0 radical (unpaired) electrons. The Morgan fingerprint density at radius 2 is 1.96 bits per heavy atom. The number of rotatable bonds is 3. The Balaban J connectivity index is 2.57. The van der Waals surface area contributed by atoms with Gasteiger partial charge in [-0.2, -0.15) is 5.26 Å². The Labute approximate surface area is 142 Å². The second-order valence-corrected chi connectivity index (χ2v) is 5.96. The fraction of sp³-hybridized carbons (Fsp3) is 0.235. The third-order valence-corrected chi connectivity index (χ3v) is 4.76. The molecule has 118 valence electrons. The van der Waals surface area contributed by atoms with Crippen molar-refractivity contribution in [3.8, 4) is 6.07 Å². The lowest BCUT2D eigenvalue weighted by Gasteiger charge is -2.21. The van der Waals surface area contributed by atoms with Gasteiger partial charge in [0.05, 0.1) is 22.1 Å². The summed E-state index contributed by atoms with van der Waals surface area (Å²) >= 11 is 3.29. The van der Waals surface area contributed by atoms with Gasteiger partial charge in [-0.25, -0.2) is 0 Å². The number of halogens is 1. The third-order valence-electron chi connectivity index (χ3n) is 3.83. The first-order valence-electron chi connectivity index (χ1n) is 7.04.